The van der Waals surface area contributed by atoms with Gasteiger partial charge in [0.05, 0.1) is 47.5 Å². The third kappa shape index (κ3) is 5.34. The molecule has 3 rings (SSSR count). The minimum absolute atomic E-state index is 0.147. The summed E-state index contributed by atoms with van der Waals surface area (Å²) >= 11 is 0. The molecule has 1 aliphatic rings. The predicted molar refractivity (Wildman–Crippen MR) is 134 cm³/mol. The van der Waals surface area contributed by atoms with Crippen molar-refractivity contribution in [3.05, 3.63) is 51.9 Å². The third-order valence-corrected chi connectivity index (χ3v) is 6.47. The van der Waals surface area contributed by atoms with Gasteiger partial charge in [-0.25, -0.2) is 4.79 Å². The maximum absolute atomic E-state index is 14.0. The van der Waals surface area contributed by atoms with Crippen molar-refractivity contribution < 1.29 is 38.6 Å². The number of benzene rings is 1. The van der Waals surface area contributed by atoms with Crippen LogP contribution in [-0.4, -0.2) is 75.6 Å². The van der Waals surface area contributed by atoms with Crippen LogP contribution in [0.25, 0.3) is 5.76 Å². The number of likely N-dealkylation sites (tertiary alicyclic amines) is 1. The molecule has 200 valence electrons. The van der Waals surface area contributed by atoms with Gasteiger partial charge in [-0.2, -0.15) is 0 Å². The molecule has 1 unspecified atom stereocenters. The Morgan fingerprint density at radius 3 is 2.41 bits per heavy atom. The van der Waals surface area contributed by atoms with Crippen LogP contribution in [0.3, 0.4) is 0 Å². The van der Waals surface area contributed by atoms with Crippen molar-refractivity contribution in [2.75, 3.05) is 48.0 Å². The number of carbonyl (C=O) groups is 3. The number of rotatable bonds is 10. The number of H-pyrrole nitrogens is 1. The van der Waals surface area contributed by atoms with Crippen LogP contribution in [0.15, 0.2) is 23.8 Å². The van der Waals surface area contributed by atoms with Gasteiger partial charge in [-0.05, 0) is 49.6 Å². The maximum Gasteiger partial charge on any atom is 0.355 e. The van der Waals surface area contributed by atoms with Gasteiger partial charge >= 0.3 is 5.97 Å². The van der Waals surface area contributed by atoms with E-state index in [1.165, 1.54) is 24.0 Å². The number of carbonyl (C=O) groups excluding carboxylic acids is 3. The summed E-state index contributed by atoms with van der Waals surface area (Å²) in [7, 11) is 7.00. The molecule has 2 aromatic rings. The van der Waals surface area contributed by atoms with Gasteiger partial charge in [-0.15, -0.1) is 0 Å². The Kier molecular flexibility index (Phi) is 8.65. The second-order valence-electron chi connectivity index (χ2n) is 9.24. The predicted octanol–water partition coefficient (Wildman–Crippen LogP) is 0.584. The van der Waals surface area contributed by atoms with Gasteiger partial charge in [-0.1, -0.05) is 11.8 Å². The summed E-state index contributed by atoms with van der Waals surface area (Å²) in [5.74, 6) is -1.87. The zero-order valence-corrected chi connectivity index (χ0v) is 22.4. The lowest BCUT2D eigenvalue weighted by molar-refractivity contribution is -0.858. The molecule has 2 heterocycles. The summed E-state index contributed by atoms with van der Waals surface area (Å²) in [6.07, 6.45) is 0.641. The lowest BCUT2D eigenvalue weighted by Gasteiger charge is -2.28. The van der Waals surface area contributed by atoms with Crippen molar-refractivity contribution in [3.8, 4) is 11.5 Å². The van der Waals surface area contributed by atoms with Crippen molar-refractivity contribution in [2.45, 2.75) is 33.2 Å². The molecule has 1 saturated heterocycles. The van der Waals surface area contributed by atoms with E-state index >= 15 is 0 Å². The fourth-order valence-electron chi connectivity index (χ4n) is 4.71. The van der Waals surface area contributed by atoms with Crippen molar-refractivity contribution in [3.63, 3.8) is 0 Å². The summed E-state index contributed by atoms with van der Waals surface area (Å²) in [6, 6.07) is 4.16. The Balaban J connectivity index is 2.21. The first-order chi connectivity index (χ1) is 17.6. The quantitative estimate of drug-likeness (QED) is 0.206. The van der Waals surface area contributed by atoms with Crippen molar-refractivity contribution in [1.29, 1.82) is 0 Å². The number of aromatic amines is 1. The Bertz CT molecular complexity index is 1230. The van der Waals surface area contributed by atoms with Gasteiger partial charge in [-0.3, -0.25) is 9.59 Å². The highest BCUT2D eigenvalue weighted by Crippen LogP contribution is 2.42. The summed E-state index contributed by atoms with van der Waals surface area (Å²) in [5.41, 5.74) is 1.51. The molecule has 1 aromatic carbocycles. The molecule has 1 atom stereocenters. The van der Waals surface area contributed by atoms with E-state index in [1.807, 2.05) is 14.1 Å². The minimum Gasteiger partial charge on any atom is -0.872 e. The van der Waals surface area contributed by atoms with Gasteiger partial charge in [0.2, 0.25) is 5.78 Å². The fraction of sp³-hybridized carbons (Fsp3) is 0.444. The van der Waals surface area contributed by atoms with E-state index in [1.54, 1.807) is 39.0 Å². The number of ketones is 1. The fourth-order valence-corrected chi connectivity index (χ4v) is 4.71. The number of methoxy groups -OCH3 is 2. The number of Topliss-reactive ketones (excluding diaryl/α,β-unsaturated/α-hetero) is 1. The summed E-state index contributed by atoms with van der Waals surface area (Å²) in [4.78, 5) is 44.5. The highest BCUT2D eigenvalue weighted by molar-refractivity contribution is 6.46. The number of aromatic nitrogens is 1. The lowest BCUT2D eigenvalue weighted by Crippen LogP contribution is -3.05. The Morgan fingerprint density at radius 2 is 1.81 bits per heavy atom. The first kappa shape index (κ1) is 27.8. The van der Waals surface area contributed by atoms with Crippen molar-refractivity contribution >= 4 is 23.4 Å². The summed E-state index contributed by atoms with van der Waals surface area (Å²) in [5, 5.41) is 14.0. The molecule has 1 fully saturated rings. The number of amides is 1. The van der Waals surface area contributed by atoms with Gasteiger partial charge in [0.1, 0.15) is 5.69 Å². The van der Waals surface area contributed by atoms with Crippen LogP contribution in [0.2, 0.25) is 0 Å². The molecule has 1 amide bonds. The molecule has 1 aliphatic heterocycles. The molecule has 0 saturated carbocycles. The average molecular weight is 514 g/mol. The van der Waals surface area contributed by atoms with Crippen LogP contribution in [0.4, 0.5) is 0 Å². The number of ether oxygens (including phenoxy) is 3. The molecule has 1 aromatic heterocycles. The zero-order chi connectivity index (χ0) is 27.4. The van der Waals surface area contributed by atoms with Crippen LogP contribution >= 0.6 is 0 Å². The van der Waals surface area contributed by atoms with Crippen LogP contribution in [0, 0.1) is 13.8 Å². The van der Waals surface area contributed by atoms with E-state index in [4.69, 9.17) is 14.2 Å². The Morgan fingerprint density at radius 1 is 1.14 bits per heavy atom. The molecule has 0 aliphatic carbocycles. The van der Waals surface area contributed by atoms with E-state index in [2.05, 4.69) is 4.98 Å². The molecular weight excluding hydrogens is 478 g/mol. The van der Waals surface area contributed by atoms with E-state index in [-0.39, 0.29) is 23.4 Å². The van der Waals surface area contributed by atoms with Gasteiger partial charge < -0.3 is 34.1 Å². The standard InChI is InChI=1S/C27H35N3O7/c1-8-37-27(34)22-15(2)20(16(3)28-22)24(31)21-23(17-10-11-18(35-6)19(14-17)36-7)30(26(33)25(21)32)13-9-12-29(4)5/h10-11,14,23,28,31H,8-9,12-13H2,1-7H3/b24-21+. The second kappa shape index (κ2) is 11.5. The van der Waals surface area contributed by atoms with Crippen molar-refractivity contribution in [1.82, 2.24) is 9.88 Å². The van der Waals surface area contributed by atoms with Crippen LogP contribution in [-0.2, 0) is 14.3 Å². The van der Waals surface area contributed by atoms with Gasteiger partial charge in [0, 0.05) is 24.2 Å². The normalized spacial score (nSPS) is 17.0. The molecule has 10 heteroatoms. The number of hydrogen-bond donors (Lipinski definition) is 2. The number of hydrogen-bond acceptors (Lipinski definition) is 7. The van der Waals surface area contributed by atoms with Crippen molar-refractivity contribution in [2.24, 2.45) is 0 Å². The topological polar surface area (TPSA) is 125 Å². The SMILES string of the molecule is CCOC(=O)c1[nH]c(C)c(/C([O-])=C2\C(=O)C(=O)N(CCC[NH+](C)C)C2c2ccc(OC)c(OC)c2)c1C. The van der Waals surface area contributed by atoms with Crippen LogP contribution < -0.4 is 19.5 Å². The highest BCUT2D eigenvalue weighted by Gasteiger charge is 2.44. The molecule has 2 N–H and O–H groups in total. The number of nitrogens with zero attached hydrogens (tertiary/aromatic N) is 1. The maximum atomic E-state index is 14.0. The zero-order valence-electron chi connectivity index (χ0n) is 22.4. The Hall–Kier alpha value is -3.79. The first-order valence-corrected chi connectivity index (χ1v) is 12.2. The van der Waals surface area contributed by atoms with E-state index in [0.29, 0.717) is 41.3 Å². The number of quaternary nitrogens is 1. The van der Waals surface area contributed by atoms with Crippen LogP contribution in [0.1, 0.15) is 52.3 Å². The lowest BCUT2D eigenvalue weighted by atomic mass is 9.93. The average Bonchev–Trinajstić information content (AvgIpc) is 3.30. The molecule has 0 bridgehead atoms. The molecule has 0 radical (unpaired) electrons. The summed E-state index contributed by atoms with van der Waals surface area (Å²) < 4.78 is 15.9. The van der Waals surface area contributed by atoms with E-state index in [0.717, 1.165) is 6.54 Å². The van der Waals surface area contributed by atoms with Crippen LogP contribution in [0.5, 0.6) is 11.5 Å². The number of nitrogens with one attached hydrogen (secondary N) is 2. The number of esters is 1. The van der Waals surface area contributed by atoms with Gasteiger partial charge in [0.15, 0.2) is 11.5 Å². The molecule has 37 heavy (non-hydrogen) atoms. The largest absolute Gasteiger partial charge is 0.872 e. The van der Waals surface area contributed by atoms with E-state index < -0.39 is 29.5 Å². The first-order valence-electron chi connectivity index (χ1n) is 12.2. The smallest absolute Gasteiger partial charge is 0.355 e. The number of aryl methyl sites for hydroxylation is 1. The summed E-state index contributed by atoms with van der Waals surface area (Å²) in [6.45, 7) is 6.20. The molecule has 10 nitrogen and oxygen atoms in total. The minimum atomic E-state index is -0.913. The molecule has 0 spiro atoms. The highest BCUT2D eigenvalue weighted by atomic mass is 16.5. The van der Waals surface area contributed by atoms with Gasteiger partial charge in [0.25, 0.3) is 5.91 Å². The second-order valence-corrected chi connectivity index (χ2v) is 9.24. The van der Waals surface area contributed by atoms with E-state index in [9.17, 15) is 19.5 Å². The molecular formula is C27H35N3O7. The Labute approximate surface area is 216 Å². The third-order valence-electron chi connectivity index (χ3n) is 6.47. The monoisotopic (exact) mass is 513 g/mol.